The molecule has 1 aromatic heterocycles. The van der Waals surface area contributed by atoms with E-state index in [1.807, 2.05) is 25.7 Å². The Bertz CT molecular complexity index is 1600. The lowest BCUT2D eigenvalue weighted by atomic mass is 10.0. The second-order valence-corrected chi connectivity index (χ2v) is 12.0. The van der Waals surface area contributed by atoms with Gasteiger partial charge < -0.3 is 25.4 Å². The average molecular weight is 584 g/mol. The number of anilines is 1. The van der Waals surface area contributed by atoms with Gasteiger partial charge in [-0.15, -0.1) is 0 Å². The van der Waals surface area contributed by atoms with Crippen LogP contribution in [0.15, 0.2) is 42.5 Å². The van der Waals surface area contributed by atoms with Gasteiger partial charge in [-0.3, -0.25) is 14.4 Å². The minimum absolute atomic E-state index is 0.0445. The highest BCUT2D eigenvalue weighted by molar-refractivity contribution is 6.35. The summed E-state index contributed by atoms with van der Waals surface area (Å²) < 4.78 is 13.3. The third kappa shape index (κ3) is 5.73. The van der Waals surface area contributed by atoms with Gasteiger partial charge in [0.25, 0.3) is 17.7 Å². The van der Waals surface area contributed by atoms with Crippen molar-refractivity contribution in [3.8, 4) is 0 Å². The smallest absolute Gasteiger partial charge is 0.256 e. The quantitative estimate of drug-likeness (QED) is 0.322. The van der Waals surface area contributed by atoms with Gasteiger partial charge in [0, 0.05) is 47.3 Å². The van der Waals surface area contributed by atoms with Gasteiger partial charge in [0.1, 0.15) is 5.82 Å². The second kappa shape index (κ2) is 11.8. The standard InChI is InChI=1S/C34H38FN5O3/c1-20-30(36-22(3)31(20)34(43)40-16-6-7-26(40)19-39-14-4-5-15-39)18-28-27-17-24(10-13-29(27)38-33(28)42)32(41)37-21(2)23-8-11-25(35)12-9-23/h8-13,17-18,21,26,36H,4-7,14-16,19H2,1-3H3,(H,37,41)(H,38,42)/t21-,26-/m0/s1. The molecule has 0 bridgehead atoms. The first kappa shape index (κ1) is 28.9. The van der Waals surface area contributed by atoms with Crippen LogP contribution in [0.3, 0.4) is 0 Å². The Hall–Kier alpha value is -4.24. The molecule has 0 unspecified atom stereocenters. The molecule has 43 heavy (non-hydrogen) atoms. The van der Waals surface area contributed by atoms with Crippen LogP contribution < -0.4 is 10.6 Å². The molecule has 4 heterocycles. The molecule has 3 N–H and O–H groups in total. The van der Waals surface area contributed by atoms with E-state index in [2.05, 4.69) is 20.5 Å². The van der Waals surface area contributed by atoms with Crippen molar-refractivity contribution in [1.29, 1.82) is 0 Å². The van der Waals surface area contributed by atoms with E-state index in [1.165, 1.54) is 25.0 Å². The Morgan fingerprint density at radius 2 is 1.81 bits per heavy atom. The van der Waals surface area contributed by atoms with Gasteiger partial charge in [0.2, 0.25) is 0 Å². The Morgan fingerprint density at radius 1 is 1.07 bits per heavy atom. The fraction of sp³-hybridized carbons (Fsp3) is 0.382. The van der Waals surface area contributed by atoms with E-state index in [0.29, 0.717) is 33.6 Å². The topological polar surface area (TPSA) is 97.5 Å². The molecule has 2 fully saturated rings. The second-order valence-electron chi connectivity index (χ2n) is 12.0. The molecule has 0 spiro atoms. The minimum atomic E-state index is -0.334. The fourth-order valence-electron chi connectivity index (χ4n) is 6.67. The van der Waals surface area contributed by atoms with E-state index >= 15 is 0 Å². The van der Waals surface area contributed by atoms with E-state index in [1.54, 1.807) is 36.4 Å². The third-order valence-corrected chi connectivity index (χ3v) is 9.07. The number of H-pyrrole nitrogens is 1. The van der Waals surface area contributed by atoms with Crippen molar-refractivity contribution in [3.63, 3.8) is 0 Å². The Kier molecular flexibility index (Phi) is 7.92. The summed E-state index contributed by atoms with van der Waals surface area (Å²) in [5, 5.41) is 5.83. The van der Waals surface area contributed by atoms with Gasteiger partial charge >= 0.3 is 0 Å². The Balaban J connectivity index is 1.23. The normalized spacial score (nSPS) is 20.0. The van der Waals surface area contributed by atoms with Crippen molar-refractivity contribution in [2.75, 3.05) is 31.5 Å². The molecule has 0 saturated carbocycles. The average Bonchev–Trinajstić information content (AvgIpc) is 3.78. The maximum absolute atomic E-state index is 13.8. The van der Waals surface area contributed by atoms with Gasteiger partial charge in [-0.2, -0.15) is 0 Å². The molecule has 224 valence electrons. The first-order chi connectivity index (χ1) is 20.7. The van der Waals surface area contributed by atoms with Crippen molar-refractivity contribution >= 4 is 35.1 Å². The largest absolute Gasteiger partial charge is 0.358 e. The van der Waals surface area contributed by atoms with Crippen LogP contribution in [0.1, 0.15) is 87.4 Å². The maximum Gasteiger partial charge on any atom is 0.256 e. The van der Waals surface area contributed by atoms with Crippen LogP contribution in [0.4, 0.5) is 10.1 Å². The van der Waals surface area contributed by atoms with Crippen molar-refractivity contribution in [2.45, 2.75) is 58.5 Å². The molecule has 8 nitrogen and oxygen atoms in total. The summed E-state index contributed by atoms with van der Waals surface area (Å²) in [5.41, 5.74) is 5.82. The molecule has 3 aliphatic rings. The highest BCUT2D eigenvalue weighted by Gasteiger charge is 2.34. The highest BCUT2D eigenvalue weighted by Crippen LogP contribution is 2.35. The van der Waals surface area contributed by atoms with Gasteiger partial charge in [-0.1, -0.05) is 12.1 Å². The molecule has 3 aliphatic heterocycles. The first-order valence-electron chi connectivity index (χ1n) is 15.2. The predicted molar refractivity (Wildman–Crippen MR) is 165 cm³/mol. The Morgan fingerprint density at radius 3 is 2.56 bits per heavy atom. The number of hydrogen-bond donors (Lipinski definition) is 3. The van der Waals surface area contributed by atoms with Crippen LogP contribution in [0.2, 0.25) is 0 Å². The number of carbonyl (C=O) groups is 3. The summed E-state index contributed by atoms with van der Waals surface area (Å²) in [7, 11) is 0. The lowest BCUT2D eigenvalue weighted by Crippen LogP contribution is -2.42. The first-order valence-corrected chi connectivity index (χ1v) is 15.2. The summed E-state index contributed by atoms with van der Waals surface area (Å²) in [6, 6.07) is 11.0. The van der Waals surface area contributed by atoms with Crippen LogP contribution in [0.5, 0.6) is 0 Å². The third-order valence-electron chi connectivity index (χ3n) is 9.07. The van der Waals surface area contributed by atoms with Crippen molar-refractivity contribution in [3.05, 3.63) is 87.5 Å². The number of rotatable bonds is 7. The van der Waals surface area contributed by atoms with E-state index in [-0.39, 0.29) is 35.6 Å². The van der Waals surface area contributed by atoms with E-state index in [9.17, 15) is 18.8 Å². The fourth-order valence-corrected chi connectivity index (χ4v) is 6.67. The molecule has 0 aliphatic carbocycles. The Labute approximate surface area is 251 Å². The molecule has 6 rings (SSSR count). The molecular weight excluding hydrogens is 545 g/mol. The zero-order chi connectivity index (χ0) is 30.2. The van der Waals surface area contributed by atoms with Gasteiger partial charge in [-0.25, -0.2) is 4.39 Å². The predicted octanol–water partition coefficient (Wildman–Crippen LogP) is 5.45. The number of likely N-dealkylation sites (tertiary alicyclic amines) is 2. The van der Waals surface area contributed by atoms with Crippen LogP contribution in [-0.2, 0) is 4.79 Å². The monoisotopic (exact) mass is 583 g/mol. The van der Waals surface area contributed by atoms with Crippen molar-refractivity contribution in [1.82, 2.24) is 20.1 Å². The number of amides is 3. The lowest BCUT2D eigenvalue weighted by Gasteiger charge is -2.28. The number of hydrogen-bond acceptors (Lipinski definition) is 4. The zero-order valence-electron chi connectivity index (χ0n) is 24.9. The van der Waals surface area contributed by atoms with Crippen LogP contribution in [0.25, 0.3) is 11.6 Å². The molecule has 3 amide bonds. The number of aromatic amines is 1. The number of halogens is 1. The molecule has 3 aromatic rings. The SMILES string of the molecule is Cc1[nH]c(C=C2C(=O)Nc3ccc(C(=O)N[C@@H](C)c4ccc(F)cc4)cc32)c(C)c1C(=O)N1CCC[C@H]1CN1CCCC1. The summed E-state index contributed by atoms with van der Waals surface area (Å²) in [6.07, 6.45) is 6.27. The van der Waals surface area contributed by atoms with Gasteiger partial charge in [-0.05, 0) is 107 Å². The number of aromatic nitrogens is 1. The number of carbonyl (C=O) groups excluding carboxylic acids is 3. The molecule has 2 aromatic carbocycles. The maximum atomic E-state index is 13.8. The molecule has 2 atom stereocenters. The molecule has 2 saturated heterocycles. The summed E-state index contributed by atoms with van der Waals surface area (Å²) in [6.45, 7) is 9.57. The molecule has 9 heteroatoms. The summed E-state index contributed by atoms with van der Waals surface area (Å²) >= 11 is 0. The van der Waals surface area contributed by atoms with E-state index < -0.39 is 0 Å². The van der Waals surface area contributed by atoms with E-state index in [4.69, 9.17) is 0 Å². The molecular formula is C34H38FN5O3. The van der Waals surface area contributed by atoms with Crippen LogP contribution >= 0.6 is 0 Å². The van der Waals surface area contributed by atoms with Gasteiger partial charge in [0.05, 0.1) is 17.2 Å². The minimum Gasteiger partial charge on any atom is -0.358 e. The number of nitrogens with zero attached hydrogens (tertiary/aromatic N) is 2. The van der Waals surface area contributed by atoms with Crippen LogP contribution in [-0.4, -0.2) is 64.7 Å². The van der Waals surface area contributed by atoms with Crippen molar-refractivity contribution in [2.24, 2.45) is 0 Å². The van der Waals surface area contributed by atoms with Crippen molar-refractivity contribution < 1.29 is 18.8 Å². The number of aryl methyl sites for hydroxylation is 1. The molecule has 0 radical (unpaired) electrons. The van der Waals surface area contributed by atoms with Crippen LogP contribution in [0, 0.1) is 19.7 Å². The zero-order valence-corrected chi connectivity index (χ0v) is 24.9. The highest BCUT2D eigenvalue weighted by atomic mass is 19.1. The number of benzene rings is 2. The number of fused-ring (bicyclic) bond motifs is 1. The van der Waals surface area contributed by atoms with E-state index in [0.717, 1.165) is 55.8 Å². The summed E-state index contributed by atoms with van der Waals surface area (Å²) in [5.74, 6) is -0.855. The summed E-state index contributed by atoms with van der Waals surface area (Å²) in [4.78, 5) is 47.9. The lowest BCUT2D eigenvalue weighted by molar-refractivity contribution is -0.110. The van der Waals surface area contributed by atoms with Gasteiger partial charge in [0.15, 0.2) is 0 Å². The number of nitrogens with one attached hydrogen (secondary N) is 3.